The lowest BCUT2D eigenvalue weighted by Gasteiger charge is -2.06. The Labute approximate surface area is 96.1 Å². The van der Waals surface area contributed by atoms with Gasteiger partial charge in [0.2, 0.25) is 0 Å². The van der Waals surface area contributed by atoms with E-state index in [-0.39, 0.29) is 16.8 Å². The molecule has 0 spiro atoms. The first kappa shape index (κ1) is 12.8. The maximum Gasteiger partial charge on any atom is 0.339 e. The van der Waals surface area contributed by atoms with E-state index in [9.17, 15) is 13.6 Å². The first-order chi connectivity index (χ1) is 7.99. The number of halogens is 2. The molecule has 0 atom stereocenters. The van der Waals surface area contributed by atoms with Crippen molar-refractivity contribution < 1.29 is 18.7 Å². The van der Waals surface area contributed by atoms with Gasteiger partial charge >= 0.3 is 5.97 Å². The van der Waals surface area contributed by atoms with E-state index in [0.717, 1.165) is 18.3 Å². The third-order valence-corrected chi connectivity index (χ3v) is 2.01. The number of carboxylic acid groups (broad SMARTS) is 1. The van der Waals surface area contributed by atoms with Crippen molar-refractivity contribution >= 4 is 11.7 Å². The van der Waals surface area contributed by atoms with Crippen molar-refractivity contribution in [2.75, 3.05) is 7.05 Å². The third kappa shape index (κ3) is 2.87. The normalized spacial score (nSPS) is 12.6. The number of aliphatic carboxylic acids is 1. The molecular weight excluding hydrogens is 230 g/mol. The summed E-state index contributed by atoms with van der Waals surface area (Å²) < 4.78 is 26.0. The highest BCUT2D eigenvalue weighted by Crippen LogP contribution is 2.13. The number of rotatable bonds is 3. The summed E-state index contributed by atoms with van der Waals surface area (Å²) in [5.74, 6) is -2.96. The van der Waals surface area contributed by atoms with Gasteiger partial charge in [0.1, 0.15) is 17.2 Å². The van der Waals surface area contributed by atoms with Crippen molar-refractivity contribution in [1.82, 2.24) is 0 Å². The van der Waals surface area contributed by atoms with Crippen LogP contribution in [-0.2, 0) is 4.79 Å². The maximum atomic E-state index is 13.0. The van der Waals surface area contributed by atoms with E-state index in [2.05, 4.69) is 4.99 Å². The zero-order valence-corrected chi connectivity index (χ0v) is 8.95. The van der Waals surface area contributed by atoms with Gasteiger partial charge in [-0.05, 0) is 12.1 Å². The van der Waals surface area contributed by atoms with Gasteiger partial charge in [-0.15, -0.1) is 0 Å². The van der Waals surface area contributed by atoms with E-state index >= 15 is 0 Å². The van der Waals surface area contributed by atoms with Crippen LogP contribution in [0.4, 0.5) is 8.78 Å². The smallest absolute Gasteiger partial charge is 0.339 e. The van der Waals surface area contributed by atoms with E-state index in [1.54, 1.807) is 0 Å². The molecule has 17 heavy (non-hydrogen) atoms. The van der Waals surface area contributed by atoms with Gasteiger partial charge in [-0.1, -0.05) is 0 Å². The summed E-state index contributed by atoms with van der Waals surface area (Å²) in [7, 11) is 1.31. The molecular formula is C11H10F2N2O2. The van der Waals surface area contributed by atoms with Crippen molar-refractivity contribution in [3.05, 3.63) is 47.2 Å². The van der Waals surface area contributed by atoms with Crippen LogP contribution in [0.5, 0.6) is 0 Å². The molecule has 0 saturated carbocycles. The molecule has 1 aromatic carbocycles. The van der Waals surface area contributed by atoms with Crippen LogP contribution in [-0.4, -0.2) is 23.8 Å². The Morgan fingerprint density at radius 2 is 1.88 bits per heavy atom. The quantitative estimate of drug-likeness (QED) is 0.617. The molecule has 0 amide bonds. The molecule has 0 unspecified atom stereocenters. The van der Waals surface area contributed by atoms with E-state index < -0.39 is 17.6 Å². The lowest BCUT2D eigenvalue weighted by molar-refractivity contribution is -0.132. The molecule has 0 aliphatic heterocycles. The third-order valence-electron chi connectivity index (χ3n) is 2.01. The standard InChI is InChI=1S/C11H10F2N2O2/c1-15-10(9(5-14)11(16)17)6-2-7(12)4-8(13)3-6/h2-5H,14H2,1H3,(H,16,17). The minimum atomic E-state index is -1.32. The highest BCUT2D eigenvalue weighted by atomic mass is 19.1. The topological polar surface area (TPSA) is 75.7 Å². The first-order valence-electron chi connectivity index (χ1n) is 4.58. The molecule has 0 radical (unpaired) electrons. The van der Waals surface area contributed by atoms with Crippen molar-refractivity contribution in [3.63, 3.8) is 0 Å². The SMILES string of the molecule is CN=C(C(=CN)C(=O)O)c1cc(F)cc(F)c1. The van der Waals surface area contributed by atoms with E-state index in [1.807, 2.05) is 0 Å². The number of hydrogen-bond acceptors (Lipinski definition) is 3. The molecule has 1 rings (SSSR count). The van der Waals surface area contributed by atoms with Gasteiger partial charge in [0.15, 0.2) is 0 Å². The average Bonchev–Trinajstić information content (AvgIpc) is 2.23. The summed E-state index contributed by atoms with van der Waals surface area (Å²) in [5, 5.41) is 8.86. The number of hydrogen-bond donors (Lipinski definition) is 2. The zero-order valence-electron chi connectivity index (χ0n) is 8.95. The van der Waals surface area contributed by atoms with Gasteiger partial charge in [0.05, 0.1) is 5.71 Å². The van der Waals surface area contributed by atoms with Gasteiger partial charge in [-0.2, -0.15) is 0 Å². The number of carboxylic acids is 1. The van der Waals surface area contributed by atoms with Crippen LogP contribution < -0.4 is 5.73 Å². The van der Waals surface area contributed by atoms with Crippen LogP contribution in [0.2, 0.25) is 0 Å². The van der Waals surface area contributed by atoms with Crippen LogP contribution in [0.15, 0.2) is 35.0 Å². The molecule has 3 N–H and O–H groups in total. The van der Waals surface area contributed by atoms with E-state index in [0.29, 0.717) is 6.07 Å². The molecule has 0 aliphatic rings. The first-order valence-corrected chi connectivity index (χ1v) is 4.58. The summed E-state index contributed by atoms with van der Waals surface area (Å²) in [6, 6.07) is 2.65. The minimum absolute atomic E-state index is 0.0177. The number of aliphatic imine (C=N–C) groups is 1. The van der Waals surface area contributed by atoms with E-state index in [4.69, 9.17) is 10.8 Å². The Kier molecular flexibility index (Phi) is 3.92. The lowest BCUT2D eigenvalue weighted by Crippen LogP contribution is -2.16. The van der Waals surface area contributed by atoms with Crippen LogP contribution >= 0.6 is 0 Å². The van der Waals surface area contributed by atoms with Crippen LogP contribution in [0, 0.1) is 11.6 Å². The number of benzene rings is 1. The molecule has 0 saturated heterocycles. The molecule has 0 aliphatic carbocycles. The Morgan fingerprint density at radius 1 is 1.35 bits per heavy atom. The Bertz CT molecular complexity index is 490. The molecule has 0 heterocycles. The molecule has 0 bridgehead atoms. The van der Waals surface area contributed by atoms with Crippen LogP contribution in [0.3, 0.4) is 0 Å². The van der Waals surface area contributed by atoms with Gasteiger partial charge in [-0.25, -0.2) is 13.6 Å². The summed E-state index contributed by atoms with van der Waals surface area (Å²) in [6.45, 7) is 0. The second-order valence-electron chi connectivity index (χ2n) is 3.12. The highest BCUT2D eigenvalue weighted by molar-refractivity contribution is 6.26. The van der Waals surface area contributed by atoms with Gasteiger partial charge in [0, 0.05) is 24.9 Å². The molecule has 6 heteroatoms. The predicted molar refractivity (Wildman–Crippen MR) is 58.7 cm³/mol. The molecule has 90 valence electrons. The molecule has 4 nitrogen and oxygen atoms in total. The van der Waals surface area contributed by atoms with Crippen LogP contribution in [0.1, 0.15) is 5.56 Å². The molecule has 0 aromatic heterocycles. The molecule has 0 fully saturated rings. The molecule has 1 aromatic rings. The largest absolute Gasteiger partial charge is 0.478 e. The fourth-order valence-corrected chi connectivity index (χ4v) is 1.35. The highest BCUT2D eigenvalue weighted by Gasteiger charge is 2.17. The van der Waals surface area contributed by atoms with Crippen molar-refractivity contribution in [2.45, 2.75) is 0 Å². The lowest BCUT2D eigenvalue weighted by atomic mass is 10.0. The number of nitrogens with two attached hydrogens (primary N) is 1. The van der Waals surface area contributed by atoms with Crippen LogP contribution in [0.25, 0.3) is 0 Å². The predicted octanol–water partition coefficient (Wildman–Crippen LogP) is 1.31. The Hall–Kier alpha value is -2.24. The van der Waals surface area contributed by atoms with E-state index in [1.165, 1.54) is 7.05 Å². The maximum absolute atomic E-state index is 13.0. The minimum Gasteiger partial charge on any atom is -0.478 e. The van der Waals surface area contributed by atoms with Crippen molar-refractivity contribution in [2.24, 2.45) is 10.7 Å². The Balaban J connectivity index is 3.33. The average molecular weight is 240 g/mol. The fourth-order valence-electron chi connectivity index (χ4n) is 1.35. The van der Waals surface area contributed by atoms with Gasteiger partial charge in [0.25, 0.3) is 0 Å². The zero-order chi connectivity index (χ0) is 13.0. The monoisotopic (exact) mass is 240 g/mol. The second kappa shape index (κ2) is 5.20. The van der Waals surface area contributed by atoms with Gasteiger partial charge < -0.3 is 10.8 Å². The number of carbonyl (C=O) groups is 1. The summed E-state index contributed by atoms with van der Waals surface area (Å²) in [6.07, 6.45) is 0.827. The summed E-state index contributed by atoms with van der Waals surface area (Å²) in [4.78, 5) is 14.5. The van der Waals surface area contributed by atoms with Crippen molar-refractivity contribution in [3.8, 4) is 0 Å². The second-order valence-corrected chi connectivity index (χ2v) is 3.12. The summed E-state index contributed by atoms with van der Waals surface area (Å²) in [5.41, 5.74) is 4.76. The Morgan fingerprint density at radius 3 is 2.24 bits per heavy atom. The number of nitrogens with zero attached hydrogens (tertiary/aromatic N) is 1. The fraction of sp³-hybridized carbons (Fsp3) is 0.0909. The van der Waals surface area contributed by atoms with Crippen molar-refractivity contribution in [1.29, 1.82) is 0 Å². The van der Waals surface area contributed by atoms with Gasteiger partial charge in [-0.3, -0.25) is 4.99 Å². The summed E-state index contributed by atoms with van der Waals surface area (Å²) >= 11 is 0.